The van der Waals surface area contributed by atoms with Crippen LogP contribution >= 0.6 is 15.9 Å². The highest BCUT2D eigenvalue weighted by molar-refractivity contribution is 9.10. The summed E-state index contributed by atoms with van der Waals surface area (Å²) in [5.41, 5.74) is 0.0232. The van der Waals surface area contributed by atoms with Crippen molar-refractivity contribution in [3.63, 3.8) is 0 Å². The molecule has 0 atom stereocenters. The van der Waals surface area contributed by atoms with Gasteiger partial charge in [-0.3, -0.25) is 14.9 Å². The summed E-state index contributed by atoms with van der Waals surface area (Å²) in [5.74, 6) is -0.345. The Labute approximate surface area is 112 Å². The lowest BCUT2D eigenvalue weighted by molar-refractivity contribution is -0.384. The zero-order valence-electron chi connectivity index (χ0n) is 9.48. The predicted molar refractivity (Wildman–Crippen MR) is 72.5 cm³/mol. The van der Waals surface area contributed by atoms with Crippen LogP contribution in [-0.4, -0.2) is 23.9 Å². The second-order valence-electron chi connectivity index (χ2n) is 3.39. The number of nitrogens with zero attached hydrogens (tertiary/aromatic N) is 1. The number of carbonyl (C=O) groups is 1. The van der Waals surface area contributed by atoms with E-state index in [1.54, 1.807) is 12.1 Å². The normalized spacial score (nSPS) is 9.83. The van der Waals surface area contributed by atoms with Crippen molar-refractivity contribution < 1.29 is 9.72 Å². The minimum absolute atomic E-state index is 0.0687. The monoisotopic (exact) mass is 313 g/mol. The molecule has 0 bridgehead atoms. The molecule has 0 saturated carbocycles. The summed E-state index contributed by atoms with van der Waals surface area (Å²) in [4.78, 5) is 21.8. The van der Waals surface area contributed by atoms with Gasteiger partial charge in [0.25, 0.3) is 5.69 Å². The Hall–Kier alpha value is -1.73. The molecule has 18 heavy (non-hydrogen) atoms. The molecule has 0 radical (unpaired) electrons. The van der Waals surface area contributed by atoms with Gasteiger partial charge in [0.1, 0.15) is 5.69 Å². The van der Waals surface area contributed by atoms with E-state index in [1.807, 2.05) is 0 Å². The second-order valence-corrected chi connectivity index (χ2v) is 4.30. The highest BCUT2D eigenvalue weighted by Gasteiger charge is 2.15. The van der Waals surface area contributed by atoms with E-state index >= 15 is 0 Å². The van der Waals surface area contributed by atoms with Gasteiger partial charge in [-0.15, -0.1) is 6.58 Å². The number of hydrogen-bond donors (Lipinski definition) is 2. The van der Waals surface area contributed by atoms with E-state index in [0.29, 0.717) is 11.0 Å². The molecule has 2 N–H and O–H groups in total. The molecule has 7 heteroatoms. The molecule has 0 fully saturated rings. The number of halogens is 1. The first-order chi connectivity index (χ1) is 8.54. The fraction of sp³-hybridized carbons (Fsp3) is 0.182. The second kappa shape index (κ2) is 6.87. The maximum Gasteiger partial charge on any atom is 0.293 e. The Kier molecular flexibility index (Phi) is 5.47. The number of nitro benzene ring substituents is 1. The highest BCUT2D eigenvalue weighted by atomic mass is 79.9. The molecular weight excluding hydrogens is 302 g/mol. The van der Waals surface area contributed by atoms with Gasteiger partial charge in [-0.2, -0.15) is 0 Å². The lowest BCUT2D eigenvalue weighted by Crippen LogP contribution is -2.28. The van der Waals surface area contributed by atoms with Crippen molar-refractivity contribution in [1.29, 1.82) is 0 Å². The van der Waals surface area contributed by atoms with E-state index in [4.69, 9.17) is 0 Å². The molecule has 1 rings (SSSR count). The fourth-order valence-corrected chi connectivity index (χ4v) is 1.59. The van der Waals surface area contributed by atoms with Crippen LogP contribution in [0.25, 0.3) is 0 Å². The topological polar surface area (TPSA) is 84.3 Å². The van der Waals surface area contributed by atoms with Crippen LogP contribution < -0.4 is 10.6 Å². The van der Waals surface area contributed by atoms with Crippen LogP contribution in [0, 0.1) is 10.1 Å². The Morgan fingerprint density at radius 2 is 2.28 bits per heavy atom. The predicted octanol–water partition coefficient (Wildman–Crippen LogP) is 2.07. The van der Waals surface area contributed by atoms with Crippen molar-refractivity contribution in [1.82, 2.24) is 5.32 Å². The van der Waals surface area contributed by atoms with Crippen LogP contribution in [0.4, 0.5) is 11.4 Å². The van der Waals surface area contributed by atoms with E-state index in [1.165, 1.54) is 12.1 Å². The number of benzene rings is 1. The summed E-state index contributed by atoms with van der Waals surface area (Å²) in [6.07, 6.45) is 1.62. The van der Waals surface area contributed by atoms with Crippen molar-refractivity contribution in [2.24, 2.45) is 0 Å². The fourth-order valence-electron chi connectivity index (χ4n) is 1.24. The van der Waals surface area contributed by atoms with Crippen molar-refractivity contribution >= 4 is 33.2 Å². The molecule has 6 nitrogen and oxygen atoms in total. The zero-order chi connectivity index (χ0) is 13.5. The smallest absolute Gasteiger partial charge is 0.293 e. The van der Waals surface area contributed by atoms with Crippen LogP contribution in [0.15, 0.2) is 35.3 Å². The molecule has 0 aliphatic carbocycles. The van der Waals surface area contributed by atoms with Crippen molar-refractivity contribution in [3.05, 3.63) is 45.4 Å². The minimum Gasteiger partial charge on any atom is -0.319 e. The number of amides is 1. The molecular formula is C11H12BrN3O3. The summed E-state index contributed by atoms with van der Waals surface area (Å²) in [5, 5.41) is 16.1. The number of nitrogens with one attached hydrogen (secondary N) is 2. The average molecular weight is 314 g/mol. The average Bonchev–Trinajstić information content (AvgIpc) is 2.31. The lowest BCUT2D eigenvalue weighted by atomic mass is 10.2. The van der Waals surface area contributed by atoms with Gasteiger partial charge in [0.05, 0.1) is 11.5 Å². The van der Waals surface area contributed by atoms with Gasteiger partial charge in [-0.25, -0.2) is 0 Å². The van der Waals surface area contributed by atoms with Crippen LogP contribution in [0.2, 0.25) is 0 Å². The molecule has 96 valence electrons. The van der Waals surface area contributed by atoms with Crippen molar-refractivity contribution in [2.45, 2.75) is 0 Å². The first-order valence-electron chi connectivity index (χ1n) is 5.10. The van der Waals surface area contributed by atoms with E-state index in [0.717, 1.165) is 0 Å². The molecule has 0 aliphatic rings. The van der Waals surface area contributed by atoms with Gasteiger partial charge in [0, 0.05) is 17.1 Å². The van der Waals surface area contributed by atoms with Gasteiger partial charge in [0.15, 0.2) is 0 Å². The molecule has 0 aliphatic heterocycles. The zero-order valence-corrected chi connectivity index (χ0v) is 11.1. The van der Waals surface area contributed by atoms with Crippen LogP contribution in [0.1, 0.15) is 0 Å². The summed E-state index contributed by atoms with van der Waals surface area (Å²) in [6.45, 7) is 4.06. The third kappa shape index (κ3) is 4.27. The molecule has 0 saturated heterocycles. The van der Waals surface area contributed by atoms with Gasteiger partial charge in [-0.1, -0.05) is 22.0 Å². The number of nitro groups is 1. The van der Waals surface area contributed by atoms with Crippen LogP contribution in [-0.2, 0) is 4.79 Å². The quantitative estimate of drug-likeness (QED) is 0.364. The summed E-state index contributed by atoms with van der Waals surface area (Å²) >= 11 is 3.14. The Bertz CT molecular complexity index is 477. The number of hydrogen-bond acceptors (Lipinski definition) is 4. The Morgan fingerprint density at radius 3 is 2.89 bits per heavy atom. The van der Waals surface area contributed by atoms with Gasteiger partial charge >= 0.3 is 0 Å². The van der Waals surface area contributed by atoms with Gasteiger partial charge < -0.3 is 10.6 Å². The number of rotatable bonds is 6. The lowest BCUT2D eigenvalue weighted by Gasteiger charge is -2.06. The first kappa shape index (κ1) is 14.3. The largest absolute Gasteiger partial charge is 0.319 e. The summed E-state index contributed by atoms with van der Waals surface area (Å²) in [6, 6.07) is 4.44. The van der Waals surface area contributed by atoms with Gasteiger partial charge in [-0.05, 0) is 12.1 Å². The number of anilines is 1. The van der Waals surface area contributed by atoms with Gasteiger partial charge in [0.2, 0.25) is 5.91 Å². The molecule has 0 aromatic heterocycles. The standard InChI is InChI=1S/C11H12BrN3O3/c1-2-5-13-7-11(16)14-9-4-3-8(12)6-10(9)15(17)18/h2-4,6,13H,1,5,7H2,(H,14,16). The third-order valence-electron chi connectivity index (χ3n) is 2.00. The summed E-state index contributed by atoms with van der Waals surface area (Å²) < 4.78 is 0.581. The first-order valence-corrected chi connectivity index (χ1v) is 5.89. The SMILES string of the molecule is C=CCNCC(=O)Nc1ccc(Br)cc1[N+](=O)[O-]. The molecule has 1 aromatic rings. The highest BCUT2D eigenvalue weighted by Crippen LogP contribution is 2.27. The van der Waals surface area contributed by atoms with E-state index < -0.39 is 4.92 Å². The minimum atomic E-state index is -0.544. The molecule has 0 heterocycles. The maximum absolute atomic E-state index is 11.5. The molecule has 0 unspecified atom stereocenters. The van der Waals surface area contributed by atoms with Crippen LogP contribution in [0.3, 0.4) is 0 Å². The molecule has 1 aromatic carbocycles. The number of carbonyl (C=O) groups excluding carboxylic acids is 1. The Morgan fingerprint density at radius 1 is 1.56 bits per heavy atom. The third-order valence-corrected chi connectivity index (χ3v) is 2.50. The molecule has 1 amide bonds. The van der Waals surface area contributed by atoms with E-state index in [9.17, 15) is 14.9 Å². The summed E-state index contributed by atoms with van der Waals surface area (Å²) in [7, 11) is 0. The molecule has 0 spiro atoms. The Balaban J connectivity index is 2.74. The van der Waals surface area contributed by atoms with E-state index in [-0.39, 0.29) is 23.8 Å². The maximum atomic E-state index is 11.5. The van der Waals surface area contributed by atoms with E-state index in [2.05, 4.69) is 33.1 Å². The van der Waals surface area contributed by atoms with Crippen molar-refractivity contribution in [2.75, 3.05) is 18.4 Å². The van der Waals surface area contributed by atoms with Crippen molar-refractivity contribution in [3.8, 4) is 0 Å². The van der Waals surface area contributed by atoms with Crippen LogP contribution in [0.5, 0.6) is 0 Å².